The summed E-state index contributed by atoms with van der Waals surface area (Å²) in [6, 6.07) is 5.71. The highest BCUT2D eigenvalue weighted by Crippen LogP contribution is 2.26. The Balaban J connectivity index is 2.25. The van der Waals surface area contributed by atoms with E-state index in [9.17, 15) is 4.79 Å². The van der Waals surface area contributed by atoms with Crippen LogP contribution in [0.1, 0.15) is 19.4 Å². The summed E-state index contributed by atoms with van der Waals surface area (Å²) >= 11 is 0. The number of nitrogens with one attached hydrogen (secondary N) is 1. The summed E-state index contributed by atoms with van der Waals surface area (Å²) in [6.45, 7) is 3.88. The SMILES string of the molecule is COc1ccc2occ(CC(=O)NC(C)C)c2c1. The largest absolute Gasteiger partial charge is 0.497 e. The van der Waals surface area contributed by atoms with Gasteiger partial charge < -0.3 is 14.5 Å². The molecular formula is C14H17NO3. The molecule has 96 valence electrons. The van der Waals surface area contributed by atoms with Crippen molar-refractivity contribution >= 4 is 16.9 Å². The van der Waals surface area contributed by atoms with Gasteiger partial charge in [-0.25, -0.2) is 0 Å². The molecule has 0 saturated heterocycles. The Kier molecular flexibility index (Phi) is 3.55. The quantitative estimate of drug-likeness (QED) is 0.903. The molecular weight excluding hydrogens is 230 g/mol. The van der Waals surface area contributed by atoms with Crippen molar-refractivity contribution in [1.82, 2.24) is 5.32 Å². The van der Waals surface area contributed by atoms with Gasteiger partial charge in [0.15, 0.2) is 0 Å². The number of methoxy groups -OCH3 is 1. The van der Waals surface area contributed by atoms with E-state index in [2.05, 4.69) is 5.32 Å². The van der Waals surface area contributed by atoms with Crippen molar-refractivity contribution in [3.05, 3.63) is 30.0 Å². The highest BCUT2D eigenvalue weighted by molar-refractivity contribution is 5.88. The first-order valence-corrected chi connectivity index (χ1v) is 5.93. The first-order valence-electron chi connectivity index (χ1n) is 5.93. The van der Waals surface area contributed by atoms with Crippen LogP contribution in [-0.2, 0) is 11.2 Å². The van der Waals surface area contributed by atoms with Gasteiger partial charge in [0.05, 0.1) is 19.8 Å². The maximum absolute atomic E-state index is 11.7. The predicted molar refractivity (Wildman–Crippen MR) is 69.7 cm³/mol. The molecule has 0 fully saturated rings. The van der Waals surface area contributed by atoms with Crippen LogP contribution in [-0.4, -0.2) is 19.1 Å². The molecule has 0 bridgehead atoms. The number of hydrogen-bond donors (Lipinski definition) is 1. The van der Waals surface area contributed by atoms with Crippen molar-refractivity contribution in [2.75, 3.05) is 7.11 Å². The van der Waals surface area contributed by atoms with E-state index in [-0.39, 0.29) is 11.9 Å². The summed E-state index contributed by atoms with van der Waals surface area (Å²) in [4.78, 5) is 11.7. The number of fused-ring (bicyclic) bond motifs is 1. The van der Waals surface area contributed by atoms with E-state index < -0.39 is 0 Å². The number of carbonyl (C=O) groups excluding carboxylic acids is 1. The number of carbonyl (C=O) groups is 1. The zero-order chi connectivity index (χ0) is 13.1. The molecule has 0 unspecified atom stereocenters. The second-order valence-corrected chi connectivity index (χ2v) is 4.52. The Bertz CT molecular complexity index is 557. The molecule has 4 heteroatoms. The number of rotatable bonds is 4. The van der Waals surface area contributed by atoms with E-state index in [0.29, 0.717) is 6.42 Å². The fourth-order valence-corrected chi connectivity index (χ4v) is 1.87. The third kappa shape index (κ3) is 2.64. The molecule has 0 aliphatic heterocycles. The zero-order valence-electron chi connectivity index (χ0n) is 10.8. The van der Waals surface area contributed by atoms with Gasteiger partial charge in [0.1, 0.15) is 11.3 Å². The van der Waals surface area contributed by atoms with Gasteiger partial charge in [-0.05, 0) is 32.0 Å². The number of ether oxygens (including phenoxy) is 1. The van der Waals surface area contributed by atoms with Crippen molar-refractivity contribution in [1.29, 1.82) is 0 Å². The number of hydrogen-bond acceptors (Lipinski definition) is 3. The molecule has 1 heterocycles. The normalized spacial score (nSPS) is 10.9. The summed E-state index contributed by atoms with van der Waals surface area (Å²) in [7, 11) is 1.62. The maximum atomic E-state index is 11.7. The van der Waals surface area contributed by atoms with Crippen LogP contribution in [0.4, 0.5) is 0 Å². The lowest BCUT2D eigenvalue weighted by Gasteiger charge is -2.07. The van der Waals surface area contributed by atoms with Crippen molar-refractivity contribution in [2.24, 2.45) is 0 Å². The van der Waals surface area contributed by atoms with Crippen molar-refractivity contribution < 1.29 is 13.9 Å². The van der Waals surface area contributed by atoms with E-state index in [1.54, 1.807) is 13.4 Å². The van der Waals surface area contributed by atoms with Gasteiger partial charge in [0.2, 0.25) is 5.91 Å². The molecule has 1 amide bonds. The Hall–Kier alpha value is -1.97. The molecule has 0 spiro atoms. The molecule has 0 atom stereocenters. The minimum Gasteiger partial charge on any atom is -0.497 e. The van der Waals surface area contributed by atoms with Crippen LogP contribution < -0.4 is 10.1 Å². The van der Waals surface area contributed by atoms with Gasteiger partial charge in [0, 0.05) is 17.0 Å². The molecule has 1 N–H and O–H groups in total. The lowest BCUT2D eigenvalue weighted by molar-refractivity contribution is -0.120. The van der Waals surface area contributed by atoms with Crippen LogP contribution in [0.2, 0.25) is 0 Å². The van der Waals surface area contributed by atoms with Gasteiger partial charge in [0.25, 0.3) is 0 Å². The lowest BCUT2D eigenvalue weighted by Crippen LogP contribution is -2.31. The summed E-state index contributed by atoms with van der Waals surface area (Å²) < 4.78 is 10.6. The number of furan rings is 1. The Morgan fingerprint density at radius 2 is 2.22 bits per heavy atom. The first kappa shape index (κ1) is 12.5. The molecule has 0 aliphatic rings. The number of amides is 1. The molecule has 0 radical (unpaired) electrons. The Morgan fingerprint density at radius 3 is 2.89 bits per heavy atom. The number of benzene rings is 1. The molecule has 1 aromatic heterocycles. The maximum Gasteiger partial charge on any atom is 0.224 e. The highest BCUT2D eigenvalue weighted by Gasteiger charge is 2.11. The average molecular weight is 247 g/mol. The van der Waals surface area contributed by atoms with Crippen LogP contribution in [0.3, 0.4) is 0 Å². The Labute approximate surface area is 106 Å². The van der Waals surface area contributed by atoms with E-state index in [4.69, 9.17) is 9.15 Å². The third-order valence-electron chi connectivity index (χ3n) is 2.66. The highest BCUT2D eigenvalue weighted by atomic mass is 16.5. The smallest absolute Gasteiger partial charge is 0.224 e. The van der Waals surface area contributed by atoms with Gasteiger partial charge >= 0.3 is 0 Å². The minimum atomic E-state index is -0.00415. The first-order chi connectivity index (χ1) is 8.60. The molecule has 2 aromatic rings. The van der Waals surface area contributed by atoms with Crippen LogP contribution in [0.5, 0.6) is 5.75 Å². The molecule has 1 aromatic carbocycles. The fraction of sp³-hybridized carbons (Fsp3) is 0.357. The molecule has 4 nitrogen and oxygen atoms in total. The molecule has 0 saturated carbocycles. The van der Waals surface area contributed by atoms with Crippen molar-refractivity contribution in [2.45, 2.75) is 26.3 Å². The second kappa shape index (κ2) is 5.12. The monoisotopic (exact) mass is 247 g/mol. The van der Waals surface area contributed by atoms with Crippen molar-refractivity contribution in [3.63, 3.8) is 0 Å². The zero-order valence-corrected chi connectivity index (χ0v) is 10.8. The van der Waals surface area contributed by atoms with Crippen LogP contribution in [0.15, 0.2) is 28.9 Å². The second-order valence-electron chi connectivity index (χ2n) is 4.52. The van der Waals surface area contributed by atoms with Gasteiger partial charge in [-0.1, -0.05) is 0 Å². The molecule has 2 rings (SSSR count). The van der Waals surface area contributed by atoms with Gasteiger partial charge in [-0.15, -0.1) is 0 Å². The summed E-state index contributed by atoms with van der Waals surface area (Å²) in [5.41, 5.74) is 1.64. The lowest BCUT2D eigenvalue weighted by atomic mass is 10.1. The van der Waals surface area contributed by atoms with E-state index in [1.807, 2.05) is 32.0 Å². The summed E-state index contributed by atoms with van der Waals surface area (Å²) in [5, 5.41) is 3.79. The topological polar surface area (TPSA) is 51.5 Å². The molecule has 18 heavy (non-hydrogen) atoms. The third-order valence-corrected chi connectivity index (χ3v) is 2.66. The van der Waals surface area contributed by atoms with E-state index >= 15 is 0 Å². The standard InChI is InChI=1S/C14H17NO3/c1-9(2)15-14(16)6-10-8-18-13-5-4-11(17-3)7-12(10)13/h4-5,7-9H,6H2,1-3H3,(H,15,16). The van der Waals surface area contributed by atoms with Crippen molar-refractivity contribution in [3.8, 4) is 5.75 Å². The van der Waals surface area contributed by atoms with Crippen LogP contribution >= 0.6 is 0 Å². The van der Waals surface area contributed by atoms with Crippen LogP contribution in [0.25, 0.3) is 11.0 Å². The van der Waals surface area contributed by atoms with Crippen LogP contribution in [0, 0.1) is 0 Å². The molecule has 0 aliphatic carbocycles. The predicted octanol–water partition coefficient (Wildman–Crippen LogP) is 2.51. The fourth-order valence-electron chi connectivity index (χ4n) is 1.87. The van der Waals surface area contributed by atoms with E-state index in [0.717, 1.165) is 22.3 Å². The van der Waals surface area contributed by atoms with Gasteiger partial charge in [-0.3, -0.25) is 4.79 Å². The van der Waals surface area contributed by atoms with E-state index in [1.165, 1.54) is 0 Å². The van der Waals surface area contributed by atoms with Gasteiger partial charge in [-0.2, -0.15) is 0 Å². The minimum absolute atomic E-state index is 0.00415. The summed E-state index contributed by atoms with van der Waals surface area (Å²) in [6.07, 6.45) is 1.95. The summed E-state index contributed by atoms with van der Waals surface area (Å²) in [5.74, 6) is 0.755. The Morgan fingerprint density at radius 1 is 1.44 bits per heavy atom. The average Bonchev–Trinajstić information content (AvgIpc) is 2.70.